The minimum Gasteiger partial charge on any atom is -0.386 e. The summed E-state index contributed by atoms with van der Waals surface area (Å²) in [6.45, 7) is 0.779. The lowest BCUT2D eigenvalue weighted by molar-refractivity contribution is -0.114. The minimum atomic E-state index is -0.0732. The van der Waals surface area contributed by atoms with Crippen LogP contribution in [0.2, 0.25) is 0 Å². The predicted molar refractivity (Wildman–Crippen MR) is 65.9 cm³/mol. The first-order chi connectivity index (χ1) is 8.33. The Morgan fingerprint density at radius 2 is 2.47 bits per heavy atom. The standard InChI is InChI=1S/C12H14N2O2S/c15-12(13-7-8-3-4-8)9-6-10(16-14-9)11-2-1-5-17-11/h1-2,5,8,10H,3-4,6-7H2,(H,13,15). The number of thiophene rings is 1. The molecule has 2 aliphatic rings. The Labute approximate surface area is 104 Å². The monoisotopic (exact) mass is 250 g/mol. The highest BCUT2D eigenvalue weighted by atomic mass is 32.1. The molecule has 5 heteroatoms. The zero-order chi connectivity index (χ0) is 11.7. The number of amides is 1. The molecule has 1 atom stereocenters. The van der Waals surface area contributed by atoms with Crippen LogP contribution in [0.4, 0.5) is 0 Å². The van der Waals surface area contributed by atoms with Crippen LogP contribution in [0.15, 0.2) is 22.7 Å². The van der Waals surface area contributed by atoms with E-state index in [0.717, 1.165) is 11.4 Å². The van der Waals surface area contributed by atoms with E-state index in [1.54, 1.807) is 11.3 Å². The largest absolute Gasteiger partial charge is 0.386 e. The molecule has 1 aromatic heterocycles. The number of nitrogens with zero attached hydrogens (tertiary/aromatic N) is 1. The third-order valence-electron chi connectivity index (χ3n) is 3.04. The molecule has 90 valence electrons. The highest BCUT2D eigenvalue weighted by molar-refractivity contribution is 7.10. The highest BCUT2D eigenvalue weighted by Crippen LogP contribution is 2.30. The van der Waals surface area contributed by atoms with Crippen LogP contribution in [0.5, 0.6) is 0 Å². The van der Waals surface area contributed by atoms with Crippen molar-refractivity contribution in [2.75, 3.05) is 6.54 Å². The number of rotatable bonds is 4. The van der Waals surface area contributed by atoms with Gasteiger partial charge >= 0.3 is 0 Å². The fourth-order valence-corrected chi connectivity index (χ4v) is 2.55. The van der Waals surface area contributed by atoms with E-state index in [-0.39, 0.29) is 12.0 Å². The maximum atomic E-state index is 11.8. The molecule has 2 heterocycles. The number of hydrogen-bond donors (Lipinski definition) is 1. The molecule has 1 aromatic rings. The van der Waals surface area contributed by atoms with Crippen LogP contribution in [0.25, 0.3) is 0 Å². The first kappa shape index (κ1) is 10.8. The van der Waals surface area contributed by atoms with Crippen molar-refractivity contribution in [1.29, 1.82) is 0 Å². The summed E-state index contributed by atoms with van der Waals surface area (Å²) in [6.07, 6.45) is 2.98. The highest BCUT2D eigenvalue weighted by Gasteiger charge is 2.29. The summed E-state index contributed by atoms with van der Waals surface area (Å²) in [6, 6.07) is 3.99. The summed E-state index contributed by atoms with van der Waals surface area (Å²) in [5, 5.41) is 8.79. The fraction of sp³-hybridized carbons (Fsp3) is 0.500. The van der Waals surface area contributed by atoms with Gasteiger partial charge < -0.3 is 10.2 Å². The first-order valence-electron chi connectivity index (χ1n) is 5.87. The Bertz CT molecular complexity index is 437. The molecular formula is C12H14N2O2S. The van der Waals surface area contributed by atoms with Crippen molar-refractivity contribution in [3.63, 3.8) is 0 Å². The van der Waals surface area contributed by atoms with Crippen LogP contribution in [-0.2, 0) is 9.63 Å². The maximum Gasteiger partial charge on any atom is 0.269 e. The Kier molecular flexibility index (Phi) is 2.84. The molecule has 0 spiro atoms. The number of carbonyl (C=O) groups is 1. The van der Waals surface area contributed by atoms with E-state index < -0.39 is 0 Å². The van der Waals surface area contributed by atoms with Crippen LogP contribution in [0.1, 0.15) is 30.2 Å². The van der Waals surface area contributed by atoms with Gasteiger partial charge in [-0.15, -0.1) is 11.3 Å². The topological polar surface area (TPSA) is 50.7 Å². The van der Waals surface area contributed by atoms with Crippen molar-refractivity contribution in [1.82, 2.24) is 5.32 Å². The van der Waals surface area contributed by atoms with Gasteiger partial charge in [0.15, 0.2) is 6.10 Å². The molecule has 0 aromatic carbocycles. The lowest BCUT2D eigenvalue weighted by atomic mass is 10.1. The molecule has 1 saturated carbocycles. The van der Waals surface area contributed by atoms with Gasteiger partial charge in [0, 0.05) is 17.8 Å². The van der Waals surface area contributed by atoms with E-state index in [9.17, 15) is 4.79 Å². The van der Waals surface area contributed by atoms with E-state index in [1.165, 1.54) is 12.8 Å². The molecule has 0 bridgehead atoms. The number of oxime groups is 1. The van der Waals surface area contributed by atoms with Crippen molar-refractivity contribution in [2.45, 2.75) is 25.4 Å². The van der Waals surface area contributed by atoms with Gasteiger partial charge in [0.2, 0.25) is 0 Å². The first-order valence-corrected chi connectivity index (χ1v) is 6.75. The zero-order valence-corrected chi connectivity index (χ0v) is 10.2. The average molecular weight is 250 g/mol. The fourth-order valence-electron chi connectivity index (χ4n) is 1.80. The lowest BCUT2D eigenvalue weighted by Crippen LogP contribution is -2.31. The van der Waals surface area contributed by atoms with Crippen LogP contribution in [0.3, 0.4) is 0 Å². The molecule has 4 nitrogen and oxygen atoms in total. The SMILES string of the molecule is O=C(NCC1CC1)C1=NOC(c2cccs2)C1. The number of nitrogens with one attached hydrogen (secondary N) is 1. The van der Waals surface area contributed by atoms with Gasteiger partial charge in [-0.3, -0.25) is 4.79 Å². The number of carbonyl (C=O) groups excluding carboxylic acids is 1. The van der Waals surface area contributed by atoms with E-state index in [2.05, 4.69) is 10.5 Å². The second kappa shape index (κ2) is 4.49. The molecule has 1 fully saturated rings. The van der Waals surface area contributed by atoms with Gasteiger partial charge in [0.25, 0.3) is 5.91 Å². The molecule has 1 N–H and O–H groups in total. The Morgan fingerprint density at radius 1 is 1.59 bits per heavy atom. The van der Waals surface area contributed by atoms with Gasteiger partial charge in [0.1, 0.15) is 5.71 Å². The Balaban J connectivity index is 1.53. The third-order valence-corrected chi connectivity index (χ3v) is 4.00. The zero-order valence-electron chi connectivity index (χ0n) is 9.39. The summed E-state index contributed by atoms with van der Waals surface area (Å²) in [7, 11) is 0. The van der Waals surface area contributed by atoms with Gasteiger partial charge in [0.05, 0.1) is 0 Å². The van der Waals surface area contributed by atoms with E-state index >= 15 is 0 Å². The lowest BCUT2D eigenvalue weighted by Gasteiger charge is -2.04. The van der Waals surface area contributed by atoms with Crippen molar-refractivity contribution in [3.05, 3.63) is 22.4 Å². The van der Waals surface area contributed by atoms with Gasteiger partial charge in [-0.2, -0.15) is 0 Å². The van der Waals surface area contributed by atoms with Gasteiger partial charge in [-0.1, -0.05) is 11.2 Å². The van der Waals surface area contributed by atoms with Crippen molar-refractivity contribution >= 4 is 23.0 Å². The van der Waals surface area contributed by atoms with E-state index in [4.69, 9.17) is 4.84 Å². The van der Waals surface area contributed by atoms with Crippen LogP contribution >= 0.6 is 11.3 Å². The van der Waals surface area contributed by atoms with E-state index in [0.29, 0.717) is 18.1 Å². The van der Waals surface area contributed by atoms with Gasteiger partial charge in [-0.05, 0) is 30.2 Å². The van der Waals surface area contributed by atoms with Crippen molar-refractivity contribution in [3.8, 4) is 0 Å². The second-order valence-electron chi connectivity index (χ2n) is 4.50. The Morgan fingerprint density at radius 3 is 3.18 bits per heavy atom. The normalized spacial score (nSPS) is 23.1. The van der Waals surface area contributed by atoms with E-state index in [1.807, 2.05) is 17.5 Å². The molecule has 1 unspecified atom stereocenters. The van der Waals surface area contributed by atoms with Crippen LogP contribution in [-0.4, -0.2) is 18.2 Å². The number of hydrogen-bond acceptors (Lipinski definition) is 4. The average Bonchev–Trinajstić information content (AvgIpc) is 2.85. The van der Waals surface area contributed by atoms with Crippen LogP contribution < -0.4 is 5.32 Å². The summed E-state index contributed by atoms with van der Waals surface area (Å²) in [5.41, 5.74) is 0.518. The molecule has 17 heavy (non-hydrogen) atoms. The summed E-state index contributed by atoms with van der Waals surface area (Å²) >= 11 is 1.63. The molecular weight excluding hydrogens is 236 g/mol. The quantitative estimate of drug-likeness (QED) is 0.889. The van der Waals surface area contributed by atoms with Crippen LogP contribution in [0, 0.1) is 5.92 Å². The molecule has 0 radical (unpaired) electrons. The predicted octanol–water partition coefficient (Wildman–Crippen LogP) is 2.09. The molecule has 1 amide bonds. The maximum absolute atomic E-state index is 11.8. The van der Waals surface area contributed by atoms with Crippen molar-refractivity contribution in [2.24, 2.45) is 11.1 Å². The molecule has 1 aliphatic carbocycles. The minimum absolute atomic E-state index is 0.0725. The smallest absolute Gasteiger partial charge is 0.269 e. The Hall–Kier alpha value is -1.36. The summed E-state index contributed by atoms with van der Waals surface area (Å²) < 4.78 is 0. The van der Waals surface area contributed by atoms with Crippen molar-refractivity contribution < 1.29 is 9.63 Å². The summed E-state index contributed by atoms with van der Waals surface area (Å²) in [5.74, 6) is 0.617. The second-order valence-corrected chi connectivity index (χ2v) is 5.48. The molecule has 3 rings (SSSR count). The molecule has 1 aliphatic heterocycles. The third kappa shape index (κ3) is 2.49. The summed E-state index contributed by atoms with van der Waals surface area (Å²) in [4.78, 5) is 18.2. The van der Waals surface area contributed by atoms with Gasteiger partial charge in [-0.25, -0.2) is 0 Å². The molecule has 0 saturated heterocycles.